The lowest BCUT2D eigenvalue weighted by Crippen LogP contribution is -2.40. The van der Waals surface area contributed by atoms with Crippen LogP contribution in [0.2, 0.25) is 0 Å². The second-order valence-corrected chi connectivity index (χ2v) is 5.59. The molecule has 1 rings (SSSR count). The first kappa shape index (κ1) is 21.1. The smallest absolute Gasteiger partial charge is 0.311 e. The molecular weight excluding hydrogens is 322 g/mol. The van der Waals surface area contributed by atoms with E-state index < -0.39 is 12.0 Å². The SMILES string of the molecule is CCOCCOC(C)C(=O)NCC(Cc1ccccc1)C(=O)OCC. The highest BCUT2D eigenvalue weighted by atomic mass is 16.5. The molecule has 1 aromatic rings. The highest BCUT2D eigenvalue weighted by molar-refractivity contribution is 5.81. The number of esters is 1. The molecule has 0 radical (unpaired) electrons. The van der Waals surface area contributed by atoms with Crippen LogP contribution in [0.25, 0.3) is 0 Å². The van der Waals surface area contributed by atoms with Gasteiger partial charge in [-0.15, -0.1) is 0 Å². The molecule has 1 amide bonds. The van der Waals surface area contributed by atoms with Crippen LogP contribution in [0.15, 0.2) is 30.3 Å². The number of hydrogen-bond donors (Lipinski definition) is 1. The molecule has 1 aromatic carbocycles. The van der Waals surface area contributed by atoms with Crippen molar-refractivity contribution in [2.75, 3.05) is 33.0 Å². The number of nitrogens with one attached hydrogen (secondary N) is 1. The van der Waals surface area contributed by atoms with Crippen LogP contribution >= 0.6 is 0 Å². The van der Waals surface area contributed by atoms with Gasteiger partial charge in [0.15, 0.2) is 0 Å². The van der Waals surface area contributed by atoms with Crippen LogP contribution in [0.3, 0.4) is 0 Å². The number of carbonyl (C=O) groups excluding carboxylic acids is 2. The van der Waals surface area contributed by atoms with Gasteiger partial charge in [0.05, 0.1) is 25.7 Å². The summed E-state index contributed by atoms with van der Waals surface area (Å²) >= 11 is 0. The van der Waals surface area contributed by atoms with Gasteiger partial charge in [-0.1, -0.05) is 30.3 Å². The highest BCUT2D eigenvalue weighted by Gasteiger charge is 2.22. The molecule has 0 spiro atoms. The van der Waals surface area contributed by atoms with E-state index in [9.17, 15) is 9.59 Å². The quantitative estimate of drug-likeness (QED) is 0.460. The van der Waals surface area contributed by atoms with E-state index in [1.165, 1.54) is 0 Å². The van der Waals surface area contributed by atoms with Crippen molar-refractivity contribution in [3.8, 4) is 0 Å². The predicted molar refractivity (Wildman–Crippen MR) is 95.2 cm³/mol. The molecule has 1 N–H and O–H groups in total. The lowest BCUT2D eigenvalue weighted by atomic mass is 9.99. The molecule has 2 atom stereocenters. The van der Waals surface area contributed by atoms with Gasteiger partial charge in [-0.05, 0) is 32.8 Å². The van der Waals surface area contributed by atoms with Crippen molar-refractivity contribution < 1.29 is 23.8 Å². The van der Waals surface area contributed by atoms with E-state index in [4.69, 9.17) is 14.2 Å². The minimum Gasteiger partial charge on any atom is -0.466 e. The number of benzene rings is 1. The Hall–Kier alpha value is -1.92. The van der Waals surface area contributed by atoms with E-state index in [1.807, 2.05) is 37.3 Å². The van der Waals surface area contributed by atoms with Crippen LogP contribution in [0.5, 0.6) is 0 Å². The molecule has 140 valence electrons. The first-order valence-electron chi connectivity index (χ1n) is 8.76. The van der Waals surface area contributed by atoms with Gasteiger partial charge >= 0.3 is 5.97 Å². The van der Waals surface area contributed by atoms with Crippen molar-refractivity contribution in [2.24, 2.45) is 5.92 Å². The van der Waals surface area contributed by atoms with E-state index in [0.717, 1.165) is 5.56 Å². The zero-order valence-electron chi connectivity index (χ0n) is 15.3. The van der Waals surface area contributed by atoms with Gasteiger partial charge in [0, 0.05) is 13.2 Å². The van der Waals surface area contributed by atoms with E-state index >= 15 is 0 Å². The van der Waals surface area contributed by atoms with Crippen LogP contribution in [0, 0.1) is 5.92 Å². The lowest BCUT2D eigenvalue weighted by Gasteiger charge is -2.18. The van der Waals surface area contributed by atoms with Gasteiger partial charge in [-0.2, -0.15) is 0 Å². The molecule has 0 heterocycles. The monoisotopic (exact) mass is 351 g/mol. The zero-order valence-corrected chi connectivity index (χ0v) is 15.3. The Balaban J connectivity index is 2.50. The van der Waals surface area contributed by atoms with Crippen molar-refractivity contribution in [1.29, 1.82) is 0 Å². The summed E-state index contributed by atoms with van der Waals surface area (Å²) in [6.07, 6.45) is -0.0838. The summed E-state index contributed by atoms with van der Waals surface area (Å²) in [6.45, 7) is 7.30. The number of hydrogen-bond acceptors (Lipinski definition) is 5. The van der Waals surface area contributed by atoms with Crippen molar-refractivity contribution in [2.45, 2.75) is 33.3 Å². The summed E-state index contributed by atoms with van der Waals surface area (Å²) in [5.41, 5.74) is 1.02. The summed E-state index contributed by atoms with van der Waals surface area (Å²) in [6, 6.07) is 9.67. The number of amides is 1. The molecular formula is C19H29NO5. The van der Waals surface area contributed by atoms with Crippen molar-refractivity contribution in [1.82, 2.24) is 5.32 Å². The topological polar surface area (TPSA) is 73.9 Å². The van der Waals surface area contributed by atoms with E-state index in [0.29, 0.717) is 32.8 Å². The minimum atomic E-state index is -0.597. The van der Waals surface area contributed by atoms with Gasteiger partial charge in [-0.3, -0.25) is 9.59 Å². The molecule has 0 aromatic heterocycles. The van der Waals surface area contributed by atoms with Gasteiger partial charge < -0.3 is 19.5 Å². The molecule has 6 nitrogen and oxygen atoms in total. The molecule has 0 aliphatic heterocycles. The minimum absolute atomic E-state index is 0.214. The first-order chi connectivity index (χ1) is 12.1. The summed E-state index contributed by atoms with van der Waals surface area (Å²) in [7, 11) is 0. The molecule has 0 aliphatic carbocycles. The average Bonchev–Trinajstić information content (AvgIpc) is 2.62. The number of rotatable bonds is 12. The Labute approximate surface area is 149 Å². The standard InChI is InChI=1S/C19H29NO5/c1-4-23-11-12-25-15(3)18(21)20-14-17(19(22)24-5-2)13-16-9-7-6-8-10-16/h6-10,15,17H,4-5,11-14H2,1-3H3,(H,20,21). The summed E-state index contributed by atoms with van der Waals surface area (Å²) in [5, 5.41) is 2.78. The van der Waals surface area contributed by atoms with Crippen molar-refractivity contribution in [3.05, 3.63) is 35.9 Å². The Kier molecular flexibility index (Phi) is 10.5. The fourth-order valence-corrected chi connectivity index (χ4v) is 2.27. The van der Waals surface area contributed by atoms with Crippen molar-refractivity contribution >= 4 is 11.9 Å². The maximum absolute atomic E-state index is 12.2. The number of ether oxygens (including phenoxy) is 3. The molecule has 25 heavy (non-hydrogen) atoms. The third kappa shape index (κ3) is 8.65. The van der Waals surface area contributed by atoms with E-state index in [2.05, 4.69) is 5.32 Å². The Morgan fingerprint density at radius 1 is 1.08 bits per heavy atom. The maximum Gasteiger partial charge on any atom is 0.311 e. The molecule has 0 bridgehead atoms. The first-order valence-corrected chi connectivity index (χ1v) is 8.76. The molecule has 2 unspecified atom stereocenters. The molecule has 0 aliphatic rings. The van der Waals surface area contributed by atoms with Crippen LogP contribution < -0.4 is 5.32 Å². The molecule has 6 heteroatoms. The average molecular weight is 351 g/mol. The summed E-state index contributed by atoms with van der Waals surface area (Å²) < 4.78 is 15.7. The predicted octanol–water partition coefficient (Wildman–Crippen LogP) is 1.97. The van der Waals surface area contributed by atoms with Crippen LogP contribution in [0.4, 0.5) is 0 Å². The summed E-state index contributed by atoms with van der Waals surface area (Å²) in [4.78, 5) is 24.3. The third-order valence-corrected chi connectivity index (χ3v) is 3.64. The Bertz CT molecular complexity index is 506. The van der Waals surface area contributed by atoms with E-state index in [1.54, 1.807) is 13.8 Å². The zero-order chi connectivity index (χ0) is 18.5. The maximum atomic E-state index is 12.2. The van der Waals surface area contributed by atoms with Crippen LogP contribution in [-0.2, 0) is 30.2 Å². The van der Waals surface area contributed by atoms with Crippen molar-refractivity contribution in [3.63, 3.8) is 0 Å². The highest BCUT2D eigenvalue weighted by Crippen LogP contribution is 2.10. The molecule has 0 fully saturated rings. The normalized spacial score (nSPS) is 13.1. The second kappa shape index (κ2) is 12.4. The molecule has 0 saturated heterocycles. The van der Waals surface area contributed by atoms with Gasteiger partial charge in [-0.25, -0.2) is 0 Å². The van der Waals surface area contributed by atoms with Gasteiger partial charge in [0.2, 0.25) is 5.91 Å². The van der Waals surface area contributed by atoms with E-state index in [-0.39, 0.29) is 18.4 Å². The molecule has 0 saturated carbocycles. The van der Waals surface area contributed by atoms with Crippen LogP contribution in [-0.4, -0.2) is 51.0 Å². The third-order valence-electron chi connectivity index (χ3n) is 3.64. The van der Waals surface area contributed by atoms with Gasteiger partial charge in [0.1, 0.15) is 6.10 Å². The second-order valence-electron chi connectivity index (χ2n) is 5.59. The summed E-state index contributed by atoms with van der Waals surface area (Å²) in [5.74, 6) is -0.989. The fraction of sp³-hybridized carbons (Fsp3) is 0.579. The number of carbonyl (C=O) groups is 2. The lowest BCUT2D eigenvalue weighted by molar-refractivity contribution is -0.148. The van der Waals surface area contributed by atoms with Gasteiger partial charge in [0.25, 0.3) is 0 Å². The largest absolute Gasteiger partial charge is 0.466 e. The Morgan fingerprint density at radius 2 is 1.80 bits per heavy atom. The van der Waals surface area contributed by atoms with Crippen LogP contribution in [0.1, 0.15) is 26.3 Å². The fourth-order valence-electron chi connectivity index (χ4n) is 2.27. The Morgan fingerprint density at radius 3 is 2.44 bits per heavy atom.